The zero-order chi connectivity index (χ0) is 9.52. The third kappa shape index (κ3) is 4.43. The van der Waals surface area contributed by atoms with Gasteiger partial charge in [-0.2, -0.15) is 0 Å². The molecule has 1 aliphatic heterocycles. The van der Waals surface area contributed by atoms with Crippen molar-refractivity contribution in [3.05, 3.63) is 10.3 Å². The first-order valence-corrected chi connectivity index (χ1v) is 6.92. The Morgan fingerprint density at radius 2 is 2.15 bits per heavy atom. The quantitative estimate of drug-likeness (QED) is 0.783. The molecule has 1 aliphatic rings. The van der Waals surface area contributed by atoms with Crippen LogP contribution < -0.4 is 0 Å². The highest BCUT2D eigenvalue weighted by Crippen LogP contribution is 2.35. The Morgan fingerprint density at radius 3 is 2.69 bits per heavy atom. The molecule has 13 heavy (non-hydrogen) atoms. The average Bonchev–Trinajstić information content (AvgIpc) is 2.19. The molecule has 1 rings (SSSR count). The molecule has 0 amide bonds. The van der Waals surface area contributed by atoms with E-state index in [-0.39, 0.29) is 0 Å². The number of aliphatic hydroxyl groups is 1. The molecule has 0 aliphatic carbocycles. The Labute approximate surface area is 89.4 Å². The third-order valence-electron chi connectivity index (χ3n) is 2.04. The Hall–Kier alpha value is 0.400. The second-order valence-electron chi connectivity index (χ2n) is 3.27. The van der Waals surface area contributed by atoms with E-state index in [2.05, 4.69) is 13.0 Å². The van der Waals surface area contributed by atoms with Crippen molar-refractivity contribution in [2.45, 2.75) is 26.2 Å². The van der Waals surface area contributed by atoms with Gasteiger partial charge in [0.25, 0.3) is 0 Å². The first kappa shape index (κ1) is 11.5. The van der Waals surface area contributed by atoms with E-state index in [4.69, 9.17) is 5.11 Å². The molecule has 76 valence electrons. The molecule has 0 spiro atoms. The number of rotatable bonds is 4. The van der Waals surface area contributed by atoms with Gasteiger partial charge in [0.2, 0.25) is 0 Å². The summed E-state index contributed by atoms with van der Waals surface area (Å²) in [5.74, 6) is 2.89. The summed E-state index contributed by atoms with van der Waals surface area (Å²) < 4.78 is 1.43. The molecule has 0 aromatic carbocycles. The number of aliphatic hydroxyl groups excluding tert-OH is 1. The second-order valence-corrected chi connectivity index (χ2v) is 5.80. The van der Waals surface area contributed by atoms with Gasteiger partial charge >= 0.3 is 0 Å². The van der Waals surface area contributed by atoms with Crippen molar-refractivity contribution >= 4 is 23.5 Å². The zero-order valence-corrected chi connectivity index (χ0v) is 9.79. The summed E-state index contributed by atoms with van der Waals surface area (Å²) in [6, 6.07) is 0. The van der Waals surface area contributed by atoms with Crippen LogP contribution in [-0.2, 0) is 0 Å². The first-order chi connectivity index (χ1) is 6.36. The van der Waals surface area contributed by atoms with Gasteiger partial charge < -0.3 is 5.11 Å². The normalized spacial score (nSPS) is 20.0. The van der Waals surface area contributed by atoms with E-state index in [9.17, 15) is 0 Å². The van der Waals surface area contributed by atoms with Crippen molar-refractivity contribution in [2.75, 3.05) is 18.1 Å². The van der Waals surface area contributed by atoms with Crippen molar-refractivity contribution < 1.29 is 5.11 Å². The number of thioether (sulfide) groups is 2. The fourth-order valence-electron chi connectivity index (χ4n) is 1.33. The van der Waals surface area contributed by atoms with E-state index in [0.29, 0.717) is 12.5 Å². The molecule has 1 nitrogen and oxygen atoms in total. The van der Waals surface area contributed by atoms with Gasteiger partial charge in [0.05, 0.1) is 0 Å². The summed E-state index contributed by atoms with van der Waals surface area (Å²) in [4.78, 5) is 0. The van der Waals surface area contributed by atoms with Gasteiger partial charge in [-0.3, -0.25) is 0 Å². The summed E-state index contributed by atoms with van der Waals surface area (Å²) in [6.45, 7) is 2.47. The van der Waals surface area contributed by atoms with E-state index in [0.717, 1.165) is 12.8 Å². The van der Waals surface area contributed by atoms with Gasteiger partial charge in [-0.05, 0) is 24.3 Å². The summed E-state index contributed by atoms with van der Waals surface area (Å²) in [7, 11) is 0. The van der Waals surface area contributed by atoms with Gasteiger partial charge in [-0.25, -0.2) is 0 Å². The Bertz CT molecular complexity index is 160. The average molecular weight is 218 g/mol. The van der Waals surface area contributed by atoms with Crippen molar-refractivity contribution in [1.29, 1.82) is 0 Å². The fourth-order valence-corrected chi connectivity index (χ4v) is 3.91. The maximum atomic E-state index is 9.12. The van der Waals surface area contributed by atoms with Crippen LogP contribution in [-0.4, -0.2) is 23.2 Å². The highest BCUT2D eigenvalue weighted by atomic mass is 32.2. The molecule has 1 atom stereocenters. The Kier molecular flexibility index (Phi) is 6.00. The van der Waals surface area contributed by atoms with E-state index >= 15 is 0 Å². The number of hydrogen-bond acceptors (Lipinski definition) is 3. The molecule has 3 heteroatoms. The van der Waals surface area contributed by atoms with Crippen LogP contribution in [0.25, 0.3) is 0 Å². The van der Waals surface area contributed by atoms with Crippen molar-refractivity contribution in [3.63, 3.8) is 0 Å². The molecule has 0 saturated carbocycles. The fraction of sp³-hybridized carbons (Fsp3) is 0.800. The van der Waals surface area contributed by atoms with Crippen LogP contribution in [0, 0.1) is 5.92 Å². The highest BCUT2D eigenvalue weighted by Gasteiger charge is 2.09. The minimum absolute atomic E-state index is 0.304. The third-order valence-corrected chi connectivity index (χ3v) is 4.58. The minimum atomic E-state index is 0.304. The minimum Gasteiger partial charge on any atom is -0.396 e. The van der Waals surface area contributed by atoms with Gasteiger partial charge in [-0.15, -0.1) is 23.5 Å². The molecule has 1 saturated heterocycles. The van der Waals surface area contributed by atoms with E-state index in [1.54, 1.807) is 0 Å². The molecular weight excluding hydrogens is 200 g/mol. The maximum Gasteiger partial charge on any atom is 0.0494 e. The summed E-state index contributed by atoms with van der Waals surface area (Å²) >= 11 is 3.89. The van der Waals surface area contributed by atoms with E-state index in [1.807, 2.05) is 23.5 Å². The van der Waals surface area contributed by atoms with Crippen LogP contribution in [0.3, 0.4) is 0 Å². The van der Waals surface area contributed by atoms with Crippen LogP contribution in [0.4, 0.5) is 0 Å². The van der Waals surface area contributed by atoms with Crippen LogP contribution in [0.1, 0.15) is 26.2 Å². The molecule has 0 aromatic rings. The summed E-state index contributed by atoms with van der Waals surface area (Å²) in [6.07, 6.45) is 5.85. The molecule has 0 radical (unpaired) electrons. The molecule has 0 aromatic heterocycles. The van der Waals surface area contributed by atoms with Gasteiger partial charge in [0, 0.05) is 16.8 Å². The van der Waals surface area contributed by atoms with E-state index < -0.39 is 0 Å². The first-order valence-electron chi connectivity index (χ1n) is 4.95. The Morgan fingerprint density at radius 1 is 1.46 bits per heavy atom. The van der Waals surface area contributed by atoms with Crippen LogP contribution >= 0.6 is 23.5 Å². The Balaban J connectivity index is 2.39. The van der Waals surface area contributed by atoms with Crippen molar-refractivity contribution in [3.8, 4) is 0 Å². The van der Waals surface area contributed by atoms with Gasteiger partial charge in [0.15, 0.2) is 0 Å². The van der Waals surface area contributed by atoms with E-state index in [1.165, 1.54) is 22.2 Å². The SMILES string of the molecule is CCC[C@H](C=C1SCCCS1)CO. The van der Waals surface area contributed by atoms with Crippen molar-refractivity contribution in [1.82, 2.24) is 0 Å². The number of hydrogen-bond donors (Lipinski definition) is 1. The highest BCUT2D eigenvalue weighted by molar-refractivity contribution is 8.22. The van der Waals surface area contributed by atoms with Crippen LogP contribution in [0.5, 0.6) is 0 Å². The lowest BCUT2D eigenvalue weighted by molar-refractivity contribution is 0.245. The zero-order valence-electron chi connectivity index (χ0n) is 8.16. The lowest BCUT2D eigenvalue weighted by atomic mass is 10.1. The largest absolute Gasteiger partial charge is 0.396 e. The van der Waals surface area contributed by atoms with Gasteiger partial charge in [0.1, 0.15) is 0 Å². The predicted octanol–water partition coefficient (Wildman–Crippen LogP) is 3.11. The van der Waals surface area contributed by atoms with Crippen molar-refractivity contribution in [2.24, 2.45) is 5.92 Å². The molecular formula is C10H18OS2. The molecule has 1 N–H and O–H groups in total. The van der Waals surface area contributed by atoms with Crippen LogP contribution in [0.15, 0.2) is 10.3 Å². The lowest BCUT2D eigenvalue weighted by Gasteiger charge is -2.15. The summed E-state index contributed by atoms with van der Waals surface area (Å²) in [5.41, 5.74) is 0. The van der Waals surface area contributed by atoms with Gasteiger partial charge in [-0.1, -0.05) is 19.4 Å². The monoisotopic (exact) mass is 218 g/mol. The second kappa shape index (κ2) is 6.80. The topological polar surface area (TPSA) is 20.2 Å². The van der Waals surface area contributed by atoms with Crippen LogP contribution in [0.2, 0.25) is 0 Å². The molecule has 0 bridgehead atoms. The standard InChI is InChI=1S/C10H18OS2/c1-2-4-9(8-11)7-10-12-5-3-6-13-10/h7,9,11H,2-6,8H2,1H3/t9-/m1/s1. The lowest BCUT2D eigenvalue weighted by Crippen LogP contribution is -2.03. The summed E-state index contributed by atoms with van der Waals surface area (Å²) in [5, 5.41) is 9.12. The smallest absolute Gasteiger partial charge is 0.0494 e. The molecule has 1 heterocycles. The maximum absolute atomic E-state index is 9.12. The molecule has 0 unspecified atom stereocenters. The molecule has 1 fully saturated rings. The predicted molar refractivity (Wildman–Crippen MR) is 63.1 cm³/mol.